The minimum absolute atomic E-state index is 0.368. The molecule has 0 aromatic carbocycles. The van der Waals surface area contributed by atoms with E-state index in [1.807, 2.05) is 24.4 Å². The zero-order chi connectivity index (χ0) is 10.7. The molecular weight excluding hydrogens is 200 g/mol. The van der Waals surface area contributed by atoms with Crippen molar-refractivity contribution in [2.45, 2.75) is 13.3 Å². The maximum absolute atomic E-state index is 10.6. The average Bonchev–Trinajstić information content (AvgIpc) is 2.52. The van der Waals surface area contributed by atoms with Gasteiger partial charge in [-0.15, -0.1) is 11.3 Å². The number of carboxylic acids is 1. The second-order valence-electron chi connectivity index (χ2n) is 3.46. The molecule has 0 saturated carbocycles. The molecule has 0 aliphatic carbocycles. The molecule has 4 nitrogen and oxygen atoms in total. The van der Waals surface area contributed by atoms with E-state index in [0.29, 0.717) is 6.42 Å². The molecule has 1 aromatic heterocycles. The Labute approximate surface area is 87.2 Å². The maximum Gasteiger partial charge on any atom is 0.306 e. The van der Waals surface area contributed by atoms with Crippen molar-refractivity contribution in [1.29, 1.82) is 0 Å². The number of aliphatic carboxylic acids is 1. The van der Waals surface area contributed by atoms with Crippen LogP contribution in [0.1, 0.15) is 12.6 Å². The van der Waals surface area contributed by atoms with E-state index in [1.54, 1.807) is 6.92 Å². The molecule has 1 rings (SSSR count). The molecule has 1 atom stereocenters. The predicted molar refractivity (Wildman–Crippen MR) is 56.9 cm³/mol. The number of hydrogen-bond acceptors (Lipinski definition) is 4. The van der Waals surface area contributed by atoms with Crippen molar-refractivity contribution in [3.8, 4) is 0 Å². The topological polar surface area (TPSA) is 53.4 Å². The minimum Gasteiger partial charge on any atom is -0.481 e. The normalized spacial score (nSPS) is 12.5. The van der Waals surface area contributed by atoms with Crippen molar-refractivity contribution in [2.24, 2.45) is 5.92 Å². The number of nitrogens with zero attached hydrogens (tertiary/aromatic N) is 2. The van der Waals surface area contributed by atoms with Gasteiger partial charge in [0.2, 0.25) is 0 Å². The highest BCUT2D eigenvalue weighted by molar-refractivity contribution is 7.13. The van der Waals surface area contributed by atoms with Gasteiger partial charge < -0.3 is 10.0 Å². The molecule has 0 fully saturated rings. The number of hydrogen-bond donors (Lipinski definition) is 1. The largest absolute Gasteiger partial charge is 0.481 e. The number of rotatable bonds is 4. The van der Waals surface area contributed by atoms with E-state index in [-0.39, 0.29) is 5.92 Å². The van der Waals surface area contributed by atoms with E-state index in [1.165, 1.54) is 11.3 Å². The Morgan fingerprint density at radius 2 is 2.36 bits per heavy atom. The summed E-state index contributed by atoms with van der Waals surface area (Å²) >= 11 is 1.53. The zero-order valence-corrected chi connectivity index (χ0v) is 9.34. The molecule has 1 aromatic rings. The number of thiazole rings is 1. The van der Waals surface area contributed by atoms with Gasteiger partial charge in [0, 0.05) is 25.9 Å². The Balaban J connectivity index is 2.64. The summed E-state index contributed by atoms with van der Waals surface area (Å²) in [4.78, 5) is 16.8. The van der Waals surface area contributed by atoms with E-state index >= 15 is 0 Å². The van der Waals surface area contributed by atoms with E-state index in [4.69, 9.17) is 5.11 Å². The fourth-order valence-corrected chi connectivity index (χ4v) is 1.77. The SMILES string of the molecule is CC(Cc1csc(N(C)C)n1)C(=O)O. The molecule has 14 heavy (non-hydrogen) atoms. The lowest BCUT2D eigenvalue weighted by molar-refractivity contribution is -0.141. The van der Waals surface area contributed by atoms with Gasteiger partial charge in [0.1, 0.15) is 0 Å². The van der Waals surface area contributed by atoms with E-state index in [2.05, 4.69) is 4.98 Å². The lowest BCUT2D eigenvalue weighted by Gasteiger charge is -2.06. The predicted octanol–water partition coefficient (Wildman–Crippen LogP) is 1.47. The van der Waals surface area contributed by atoms with Crippen LogP contribution >= 0.6 is 11.3 Å². The lowest BCUT2D eigenvalue weighted by atomic mass is 10.1. The fraction of sp³-hybridized carbons (Fsp3) is 0.556. The van der Waals surface area contributed by atoms with Crippen LogP contribution in [0.3, 0.4) is 0 Å². The molecular formula is C9H14N2O2S. The first-order valence-electron chi connectivity index (χ1n) is 4.35. The monoisotopic (exact) mass is 214 g/mol. The Kier molecular flexibility index (Phi) is 3.46. The molecule has 0 aliphatic heterocycles. The van der Waals surface area contributed by atoms with Crippen molar-refractivity contribution in [3.05, 3.63) is 11.1 Å². The summed E-state index contributed by atoms with van der Waals surface area (Å²) in [6, 6.07) is 0. The van der Waals surface area contributed by atoms with Crippen molar-refractivity contribution in [2.75, 3.05) is 19.0 Å². The van der Waals surface area contributed by atoms with Gasteiger partial charge in [0.05, 0.1) is 11.6 Å². The first kappa shape index (κ1) is 11.0. The zero-order valence-electron chi connectivity index (χ0n) is 8.52. The van der Waals surface area contributed by atoms with Crippen LogP contribution in [0.25, 0.3) is 0 Å². The molecule has 0 spiro atoms. The molecule has 1 heterocycles. The summed E-state index contributed by atoms with van der Waals surface area (Å²) in [6.07, 6.45) is 0.500. The van der Waals surface area contributed by atoms with Gasteiger partial charge in [0.25, 0.3) is 0 Å². The summed E-state index contributed by atoms with van der Waals surface area (Å²) in [5.41, 5.74) is 0.855. The molecule has 0 amide bonds. The molecule has 1 N–H and O–H groups in total. The van der Waals surface area contributed by atoms with Crippen LogP contribution in [0, 0.1) is 5.92 Å². The number of carbonyl (C=O) groups is 1. The minimum atomic E-state index is -0.774. The summed E-state index contributed by atoms with van der Waals surface area (Å²) in [5, 5.41) is 11.6. The maximum atomic E-state index is 10.6. The van der Waals surface area contributed by atoms with Gasteiger partial charge in [-0.1, -0.05) is 6.92 Å². The van der Waals surface area contributed by atoms with Crippen molar-refractivity contribution < 1.29 is 9.90 Å². The average molecular weight is 214 g/mol. The van der Waals surface area contributed by atoms with E-state index < -0.39 is 5.97 Å². The smallest absolute Gasteiger partial charge is 0.306 e. The lowest BCUT2D eigenvalue weighted by Crippen LogP contribution is -2.13. The van der Waals surface area contributed by atoms with Gasteiger partial charge in [0.15, 0.2) is 5.13 Å². The molecule has 0 radical (unpaired) electrons. The third-order valence-corrected chi connectivity index (χ3v) is 2.92. The van der Waals surface area contributed by atoms with Crippen LogP contribution in [0.5, 0.6) is 0 Å². The summed E-state index contributed by atoms with van der Waals surface area (Å²) in [5.74, 6) is -1.14. The van der Waals surface area contributed by atoms with Gasteiger partial charge in [-0.3, -0.25) is 4.79 Å². The highest BCUT2D eigenvalue weighted by atomic mass is 32.1. The highest BCUT2D eigenvalue weighted by Crippen LogP contribution is 2.19. The number of anilines is 1. The first-order valence-corrected chi connectivity index (χ1v) is 5.23. The first-order chi connectivity index (χ1) is 6.50. The molecule has 1 unspecified atom stereocenters. The summed E-state index contributed by atoms with van der Waals surface area (Å²) in [7, 11) is 3.84. The Hall–Kier alpha value is -1.10. The molecule has 0 saturated heterocycles. The molecule has 0 aliphatic rings. The molecule has 0 bridgehead atoms. The quantitative estimate of drug-likeness (QED) is 0.824. The van der Waals surface area contributed by atoms with Crippen molar-refractivity contribution in [3.63, 3.8) is 0 Å². The van der Waals surface area contributed by atoms with Crippen LogP contribution in [0.2, 0.25) is 0 Å². The van der Waals surface area contributed by atoms with Gasteiger partial charge in [-0.25, -0.2) is 4.98 Å². The summed E-state index contributed by atoms with van der Waals surface area (Å²) in [6.45, 7) is 1.69. The summed E-state index contributed by atoms with van der Waals surface area (Å²) < 4.78 is 0. The third kappa shape index (κ3) is 2.70. The Bertz CT molecular complexity index is 322. The number of aromatic nitrogens is 1. The van der Waals surface area contributed by atoms with Crippen LogP contribution in [-0.2, 0) is 11.2 Å². The van der Waals surface area contributed by atoms with Gasteiger partial charge in [-0.2, -0.15) is 0 Å². The second kappa shape index (κ2) is 4.41. The van der Waals surface area contributed by atoms with Crippen LogP contribution < -0.4 is 4.90 Å². The van der Waals surface area contributed by atoms with Gasteiger partial charge >= 0.3 is 5.97 Å². The van der Waals surface area contributed by atoms with Crippen molar-refractivity contribution >= 4 is 22.4 Å². The standard InChI is InChI=1S/C9H14N2O2S/c1-6(8(12)13)4-7-5-14-9(10-7)11(2)3/h5-6H,4H2,1-3H3,(H,12,13). The van der Waals surface area contributed by atoms with Crippen LogP contribution in [-0.4, -0.2) is 30.2 Å². The Morgan fingerprint density at radius 1 is 1.71 bits per heavy atom. The van der Waals surface area contributed by atoms with Gasteiger partial charge in [-0.05, 0) is 0 Å². The van der Waals surface area contributed by atoms with E-state index in [9.17, 15) is 4.79 Å². The molecule has 5 heteroatoms. The number of carboxylic acid groups (broad SMARTS) is 1. The van der Waals surface area contributed by atoms with E-state index in [0.717, 1.165) is 10.8 Å². The van der Waals surface area contributed by atoms with Crippen molar-refractivity contribution in [1.82, 2.24) is 4.98 Å². The Morgan fingerprint density at radius 3 is 2.79 bits per heavy atom. The third-order valence-electron chi connectivity index (χ3n) is 1.86. The second-order valence-corrected chi connectivity index (χ2v) is 4.30. The fourth-order valence-electron chi connectivity index (χ4n) is 0.996. The molecule has 78 valence electrons. The highest BCUT2D eigenvalue weighted by Gasteiger charge is 2.13. The van der Waals surface area contributed by atoms with Crippen LogP contribution in [0.15, 0.2) is 5.38 Å². The van der Waals surface area contributed by atoms with Crippen LogP contribution in [0.4, 0.5) is 5.13 Å².